The van der Waals surface area contributed by atoms with E-state index in [2.05, 4.69) is 20.9 Å². The van der Waals surface area contributed by atoms with Crippen LogP contribution < -0.4 is 5.73 Å². The molecule has 2 N–H and O–H groups in total. The van der Waals surface area contributed by atoms with Crippen molar-refractivity contribution in [3.63, 3.8) is 0 Å². The van der Waals surface area contributed by atoms with Crippen LogP contribution in [0.2, 0.25) is 0 Å². The van der Waals surface area contributed by atoms with E-state index in [4.69, 9.17) is 5.73 Å². The summed E-state index contributed by atoms with van der Waals surface area (Å²) in [6.45, 7) is 0. The molecule has 2 heterocycles. The molecule has 84 valence electrons. The van der Waals surface area contributed by atoms with Gasteiger partial charge in [0.15, 0.2) is 0 Å². The molecule has 0 aliphatic rings. The van der Waals surface area contributed by atoms with Gasteiger partial charge in [-0.2, -0.15) is 0 Å². The van der Waals surface area contributed by atoms with Crippen LogP contribution in [0.5, 0.6) is 0 Å². The van der Waals surface area contributed by atoms with Crippen molar-refractivity contribution >= 4 is 27.1 Å². The van der Waals surface area contributed by atoms with E-state index in [1.54, 1.807) is 0 Å². The van der Waals surface area contributed by atoms with Gasteiger partial charge < -0.3 is 5.73 Å². The summed E-state index contributed by atoms with van der Waals surface area (Å²) in [5.74, 6) is 0.889. The van der Waals surface area contributed by atoms with E-state index in [1.807, 2.05) is 53.1 Å². The molecule has 0 aliphatic heterocycles. The summed E-state index contributed by atoms with van der Waals surface area (Å²) in [5, 5.41) is 0. The highest BCUT2D eigenvalue weighted by molar-refractivity contribution is 9.10. The van der Waals surface area contributed by atoms with E-state index in [1.165, 1.54) is 0 Å². The van der Waals surface area contributed by atoms with Crippen LogP contribution in [-0.4, -0.2) is 9.38 Å². The summed E-state index contributed by atoms with van der Waals surface area (Å²) >= 11 is 3.45. The third kappa shape index (κ3) is 1.61. The average Bonchev–Trinajstić information content (AvgIpc) is 2.69. The minimum atomic E-state index is 0.717. The lowest BCUT2D eigenvalue weighted by Crippen LogP contribution is -1.92. The Morgan fingerprint density at radius 1 is 1.06 bits per heavy atom. The summed E-state index contributed by atoms with van der Waals surface area (Å²) in [7, 11) is 0. The summed E-state index contributed by atoms with van der Waals surface area (Å²) in [4.78, 5) is 4.52. The molecule has 0 radical (unpaired) electrons. The van der Waals surface area contributed by atoms with Crippen molar-refractivity contribution in [2.24, 2.45) is 0 Å². The first kappa shape index (κ1) is 10.4. The van der Waals surface area contributed by atoms with Gasteiger partial charge in [-0.15, -0.1) is 0 Å². The standard InChI is InChI=1S/C13H10BrN3/c14-12-11-10(15)7-4-8-17(11)13(16-12)9-5-2-1-3-6-9/h1-8H,15H2. The summed E-state index contributed by atoms with van der Waals surface area (Å²) < 4.78 is 2.77. The van der Waals surface area contributed by atoms with E-state index in [0.29, 0.717) is 5.69 Å². The Balaban J connectivity index is 2.36. The quantitative estimate of drug-likeness (QED) is 0.746. The molecule has 0 aliphatic carbocycles. The van der Waals surface area contributed by atoms with Crippen molar-refractivity contribution in [3.8, 4) is 11.4 Å². The summed E-state index contributed by atoms with van der Waals surface area (Å²) in [5.41, 5.74) is 8.65. The van der Waals surface area contributed by atoms with Gasteiger partial charge in [0.05, 0.1) is 5.69 Å². The number of hydrogen-bond acceptors (Lipinski definition) is 2. The zero-order valence-electron chi connectivity index (χ0n) is 8.97. The van der Waals surface area contributed by atoms with Crippen LogP contribution in [0.3, 0.4) is 0 Å². The van der Waals surface area contributed by atoms with E-state index in [-0.39, 0.29) is 0 Å². The van der Waals surface area contributed by atoms with Gasteiger partial charge in [0.25, 0.3) is 0 Å². The first-order valence-electron chi connectivity index (χ1n) is 5.25. The van der Waals surface area contributed by atoms with Gasteiger partial charge in [0, 0.05) is 11.8 Å². The molecular weight excluding hydrogens is 278 g/mol. The first-order chi connectivity index (χ1) is 8.27. The molecule has 0 spiro atoms. The molecule has 0 unspecified atom stereocenters. The highest BCUT2D eigenvalue weighted by atomic mass is 79.9. The second kappa shape index (κ2) is 3.89. The SMILES string of the molecule is Nc1cccn2c(-c3ccccc3)nc(Br)c12. The third-order valence-electron chi connectivity index (χ3n) is 2.68. The van der Waals surface area contributed by atoms with Crippen LogP contribution in [0.1, 0.15) is 0 Å². The Morgan fingerprint density at radius 2 is 1.82 bits per heavy atom. The lowest BCUT2D eigenvalue weighted by Gasteiger charge is -2.02. The molecule has 0 amide bonds. The normalized spacial score (nSPS) is 10.9. The Morgan fingerprint density at radius 3 is 2.59 bits per heavy atom. The molecule has 0 saturated carbocycles. The molecule has 3 nitrogen and oxygen atoms in total. The van der Waals surface area contributed by atoms with Crippen molar-refractivity contribution in [3.05, 3.63) is 53.3 Å². The number of nitrogen functional groups attached to an aromatic ring is 1. The van der Waals surface area contributed by atoms with Gasteiger partial charge in [-0.05, 0) is 28.1 Å². The molecule has 4 heteroatoms. The number of aromatic nitrogens is 2. The highest BCUT2D eigenvalue weighted by Gasteiger charge is 2.12. The Labute approximate surface area is 107 Å². The molecule has 0 bridgehead atoms. The molecule has 1 aromatic carbocycles. The topological polar surface area (TPSA) is 43.3 Å². The number of halogens is 1. The largest absolute Gasteiger partial charge is 0.397 e. The average molecular weight is 288 g/mol. The minimum Gasteiger partial charge on any atom is -0.397 e. The van der Waals surface area contributed by atoms with Crippen molar-refractivity contribution < 1.29 is 0 Å². The number of pyridine rings is 1. The van der Waals surface area contributed by atoms with Crippen molar-refractivity contribution in [2.45, 2.75) is 0 Å². The van der Waals surface area contributed by atoms with Crippen molar-refractivity contribution in [1.29, 1.82) is 0 Å². The van der Waals surface area contributed by atoms with Crippen LogP contribution in [0, 0.1) is 0 Å². The molecule has 3 rings (SSSR count). The van der Waals surface area contributed by atoms with Crippen LogP contribution in [-0.2, 0) is 0 Å². The molecule has 3 aromatic rings. The van der Waals surface area contributed by atoms with Crippen LogP contribution in [0.15, 0.2) is 53.3 Å². The predicted octanol–water partition coefficient (Wildman–Crippen LogP) is 3.35. The summed E-state index contributed by atoms with van der Waals surface area (Å²) in [6, 6.07) is 13.8. The molecule has 17 heavy (non-hydrogen) atoms. The third-order valence-corrected chi connectivity index (χ3v) is 3.24. The van der Waals surface area contributed by atoms with E-state index < -0.39 is 0 Å². The lowest BCUT2D eigenvalue weighted by atomic mass is 10.2. The number of imidazole rings is 1. The van der Waals surface area contributed by atoms with Gasteiger partial charge >= 0.3 is 0 Å². The van der Waals surface area contributed by atoms with Crippen LogP contribution in [0.25, 0.3) is 16.9 Å². The monoisotopic (exact) mass is 287 g/mol. The highest BCUT2D eigenvalue weighted by Crippen LogP contribution is 2.29. The maximum Gasteiger partial charge on any atom is 0.145 e. The van der Waals surface area contributed by atoms with Gasteiger partial charge in [0.2, 0.25) is 0 Å². The molecular formula is C13H10BrN3. The number of anilines is 1. The second-order valence-electron chi connectivity index (χ2n) is 3.77. The van der Waals surface area contributed by atoms with E-state index in [0.717, 1.165) is 21.5 Å². The van der Waals surface area contributed by atoms with Gasteiger partial charge in [-0.25, -0.2) is 4.98 Å². The maximum absolute atomic E-state index is 5.96. The van der Waals surface area contributed by atoms with Crippen molar-refractivity contribution in [2.75, 3.05) is 5.73 Å². The fourth-order valence-electron chi connectivity index (χ4n) is 1.91. The number of benzene rings is 1. The fraction of sp³-hybridized carbons (Fsp3) is 0. The minimum absolute atomic E-state index is 0.717. The first-order valence-corrected chi connectivity index (χ1v) is 6.04. The number of nitrogens with zero attached hydrogens (tertiary/aromatic N) is 2. The van der Waals surface area contributed by atoms with Crippen LogP contribution >= 0.6 is 15.9 Å². The van der Waals surface area contributed by atoms with E-state index >= 15 is 0 Å². The molecule has 0 atom stereocenters. The number of fused-ring (bicyclic) bond motifs is 1. The zero-order valence-corrected chi connectivity index (χ0v) is 10.6. The van der Waals surface area contributed by atoms with Gasteiger partial charge in [0.1, 0.15) is 15.9 Å². The number of rotatable bonds is 1. The Kier molecular flexibility index (Phi) is 2.37. The summed E-state index contributed by atoms with van der Waals surface area (Å²) in [6.07, 6.45) is 1.96. The lowest BCUT2D eigenvalue weighted by molar-refractivity contribution is 1.16. The van der Waals surface area contributed by atoms with Gasteiger partial charge in [-0.3, -0.25) is 4.40 Å². The number of hydrogen-bond donors (Lipinski definition) is 1. The second-order valence-corrected chi connectivity index (χ2v) is 4.53. The smallest absolute Gasteiger partial charge is 0.145 e. The molecule has 0 saturated heterocycles. The zero-order chi connectivity index (χ0) is 11.8. The predicted molar refractivity (Wildman–Crippen MR) is 72.7 cm³/mol. The molecule has 0 fully saturated rings. The number of nitrogens with two attached hydrogens (primary N) is 1. The van der Waals surface area contributed by atoms with E-state index in [9.17, 15) is 0 Å². The molecule has 2 aromatic heterocycles. The Bertz CT molecular complexity index is 674. The van der Waals surface area contributed by atoms with Crippen molar-refractivity contribution in [1.82, 2.24) is 9.38 Å². The van der Waals surface area contributed by atoms with Gasteiger partial charge in [-0.1, -0.05) is 30.3 Å². The maximum atomic E-state index is 5.96. The fourth-order valence-corrected chi connectivity index (χ4v) is 2.50. The van der Waals surface area contributed by atoms with Crippen LogP contribution in [0.4, 0.5) is 5.69 Å². The Hall–Kier alpha value is -1.81.